The van der Waals surface area contributed by atoms with Crippen LogP contribution in [-0.2, 0) is 4.79 Å². The summed E-state index contributed by atoms with van der Waals surface area (Å²) in [4.78, 5) is 10.1. The standard InChI is InChI=1S/C6H8O.C6H12.C2H6.B/c1-3-4-5-6(2)7;1-2-4-6-5-3-1;1-2;/h5H2,1-2H3;1-6H2;1-2H3;. The number of ketones is 1. The Kier molecular flexibility index (Phi) is 25.6. The molecule has 0 spiro atoms. The molecule has 0 saturated heterocycles. The fraction of sp³-hybridized carbons (Fsp3) is 0.786. The number of carbonyl (C=O) groups is 1. The van der Waals surface area contributed by atoms with E-state index >= 15 is 0 Å². The summed E-state index contributed by atoms with van der Waals surface area (Å²) in [6, 6.07) is 0. The van der Waals surface area contributed by atoms with Gasteiger partial charge < -0.3 is 0 Å². The van der Waals surface area contributed by atoms with E-state index in [1.54, 1.807) is 6.92 Å². The first-order valence-corrected chi connectivity index (χ1v) is 6.16. The fourth-order valence-corrected chi connectivity index (χ4v) is 1.27. The van der Waals surface area contributed by atoms with Gasteiger partial charge in [0.05, 0.1) is 6.42 Å². The molecule has 1 fully saturated rings. The number of hydrogen-bond acceptors (Lipinski definition) is 1. The topological polar surface area (TPSA) is 17.1 Å². The van der Waals surface area contributed by atoms with Crippen molar-refractivity contribution in [3.8, 4) is 11.8 Å². The highest BCUT2D eigenvalue weighted by molar-refractivity contribution is 5.77. The van der Waals surface area contributed by atoms with E-state index in [0.717, 1.165) is 0 Å². The van der Waals surface area contributed by atoms with Crippen molar-refractivity contribution in [3.05, 3.63) is 0 Å². The predicted octanol–water partition coefficient (Wildman–Crippen LogP) is 3.97. The van der Waals surface area contributed by atoms with E-state index in [9.17, 15) is 4.79 Å². The highest BCUT2D eigenvalue weighted by atomic mass is 16.1. The second-order valence-electron chi connectivity index (χ2n) is 3.43. The quantitative estimate of drug-likeness (QED) is 0.483. The Morgan fingerprint density at radius 3 is 1.44 bits per heavy atom. The van der Waals surface area contributed by atoms with E-state index in [1.807, 2.05) is 13.8 Å². The van der Waals surface area contributed by atoms with Gasteiger partial charge in [0.15, 0.2) is 0 Å². The largest absolute Gasteiger partial charge is 0.299 e. The molecule has 16 heavy (non-hydrogen) atoms. The van der Waals surface area contributed by atoms with Crippen molar-refractivity contribution < 1.29 is 4.79 Å². The van der Waals surface area contributed by atoms with Crippen molar-refractivity contribution in [2.75, 3.05) is 0 Å². The lowest BCUT2D eigenvalue weighted by atomic mass is 10.0. The van der Waals surface area contributed by atoms with E-state index < -0.39 is 0 Å². The van der Waals surface area contributed by atoms with Crippen LogP contribution in [0.5, 0.6) is 0 Å². The van der Waals surface area contributed by atoms with Crippen molar-refractivity contribution in [2.24, 2.45) is 0 Å². The summed E-state index contributed by atoms with van der Waals surface area (Å²) in [6.45, 7) is 7.26. The Bertz CT molecular complexity index is 173. The van der Waals surface area contributed by atoms with Gasteiger partial charge in [0, 0.05) is 8.41 Å². The third-order valence-electron chi connectivity index (χ3n) is 2.01. The van der Waals surface area contributed by atoms with Crippen LogP contribution in [0.2, 0.25) is 0 Å². The number of rotatable bonds is 1. The van der Waals surface area contributed by atoms with E-state index in [-0.39, 0.29) is 14.2 Å². The first kappa shape index (κ1) is 20.7. The molecule has 0 aromatic carbocycles. The maximum absolute atomic E-state index is 10.1. The van der Waals surface area contributed by atoms with Gasteiger partial charge in [-0.15, -0.1) is 5.92 Å². The average Bonchev–Trinajstić information content (AvgIpc) is 2.32. The third-order valence-corrected chi connectivity index (χ3v) is 2.01. The molecule has 0 atom stereocenters. The third kappa shape index (κ3) is 23.3. The highest BCUT2D eigenvalue weighted by Crippen LogP contribution is 2.15. The fourth-order valence-electron chi connectivity index (χ4n) is 1.27. The van der Waals surface area contributed by atoms with Gasteiger partial charge in [0.1, 0.15) is 5.78 Å². The minimum absolute atomic E-state index is 0. The normalized spacial score (nSPS) is 12.2. The highest BCUT2D eigenvalue weighted by Gasteiger charge is 1.95. The van der Waals surface area contributed by atoms with Crippen molar-refractivity contribution in [1.82, 2.24) is 0 Å². The minimum Gasteiger partial charge on any atom is -0.299 e. The molecule has 0 N–H and O–H groups in total. The van der Waals surface area contributed by atoms with Gasteiger partial charge in [0.2, 0.25) is 0 Å². The molecule has 0 heterocycles. The summed E-state index contributed by atoms with van der Waals surface area (Å²) in [7, 11) is 0. The molecular weight excluding hydrogens is 195 g/mol. The summed E-state index contributed by atoms with van der Waals surface area (Å²) in [5.74, 6) is 5.41. The molecule has 0 unspecified atom stereocenters. The van der Waals surface area contributed by atoms with Crippen LogP contribution in [0, 0.1) is 11.8 Å². The van der Waals surface area contributed by atoms with Gasteiger partial charge in [-0.1, -0.05) is 58.3 Å². The zero-order chi connectivity index (χ0) is 11.9. The monoisotopic (exact) mass is 221 g/mol. The number of hydrogen-bond donors (Lipinski definition) is 0. The number of Topliss-reactive ketones (excluding diaryl/α,β-unsaturated/α-hetero) is 1. The molecule has 0 aliphatic heterocycles. The Labute approximate surface area is 104 Å². The lowest BCUT2D eigenvalue weighted by Crippen LogP contribution is -1.85. The molecule has 3 radical (unpaired) electrons. The maximum Gasteiger partial charge on any atom is 0.141 e. The molecule has 1 aliphatic rings. The van der Waals surface area contributed by atoms with E-state index in [1.165, 1.54) is 45.4 Å². The Balaban J connectivity index is -0.000000174. The molecule has 1 aliphatic carbocycles. The summed E-state index contributed by atoms with van der Waals surface area (Å²) >= 11 is 0. The van der Waals surface area contributed by atoms with Crippen LogP contribution in [0.4, 0.5) is 0 Å². The second kappa shape index (κ2) is 19.8. The molecule has 0 aromatic rings. The number of carbonyl (C=O) groups excluding carboxylic acids is 1. The van der Waals surface area contributed by atoms with Crippen LogP contribution in [0.1, 0.15) is 72.6 Å². The average molecular weight is 221 g/mol. The molecule has 0 amide bonds. The summed E-state index contributed by atoms with van der Waals surface area (Å²) in [6.07, 6.45) is 9.40. The SMILES string of the molecule is C1CCCCC1.CC.CC#CCC(C)=O.[B]. The van der Waals surface area contributed by atoms with Crippen molar-refractivity contribution in [1.29, 1.82) is 0 Å². The molecule has 0 aromatic heterocycles. The lowest BCUT2D eigenvalue weighted by Gasteiger charge is -2.05. The molecule has 91 valence electrons. The van der Waals surface area contributed by atoms with Crippen LogP contribution in [0.15, 0.2) is 0 Å². The molecule has 2 heteroatoms. The first-order chi connectivity index (χ1) is 7.27. The van der Waals surface area contributed by atoms with Gasteiger partial charge in [-0.2, -0.15) is 0 Å². The Morgan fingerprint density at radius 2 is 1.31 bits per heavy atom. The predicted molar refractivity (Wildman–Crippen MR) is 73.6 cm³/mol. The van der Waals surface area contributed by atoms with E-state index in [2.05, 4.69) is 11.8 Å². The second-order valence-corrected chi connectivity index (χ2v) is 3.43. The van der Waals surface area contributed by atoms with Crippen LogP contribution >= 0.6 is 0 Å². The van der Waals surface area contributed by atoms with Crippen molar-refractivity contribution >= 4 is 14.2 Å². The smallest absolute Gasteiger partial charge is 0.141 e. The molecule has 1 saturated carbocycles. The molecule has 1 rings (SSSR count). The Hall–Kier alpha value is -0.705. The zero-order valence-corrected chi connectivity index (χ0v) is 11.4. The van der Waals surface area contributed by atoms with Crippen LogP contribution < -0.4 is 0 Å². The van der Waals surface area contributed by atoms with Crippen LogP contribution in [0.25, 0.3) is 0 Å². The van der Waals surface area contributed by atoms with Crippen molar-refractivity contribution in [2.45, 2.75) is 72.6 Å². The van der Waals surface area contributed by atoms with Gasteiger partial charge in [-0.05, 0) is 13.8 Å². The first-order valence-electron chi connectivity index (χ1n) is 6.16. The van der Waals surface area contributed by atoms with Gasteiger partial charge >= 0.3 is 0 Å². The van der Waals surface area contributed by atoms with Crippen molar-refractivity contribution in [3.63, 3.8) is 0 Å². The summed E-state index contributed by atoms with van der Waals surface area (Å²) in [5, 5.41) is 0. The van der Waals surface area contributed by atoms with Gasteiger partial charge in [-0.3, -0.25) is 4.79 Å². The van der Waals surface area contributed by atoms with Crippen LogP contribution in [0.3, 0.4) is 0 Å². The lowest BCUT2D eigenvalue weighted by molar-refractivity contribution is -0.116. The Morgan fingerprint density at radius 1 is 1.00 bits per heavy atom. The summed E-state index contributed by atoms with van der Waals surface area (Å²) in [5.41, 5.74) is 0. The molecular formula is C14H26BO. The maximum atomic E-state index is 10.1. The summed E-state index contributed by atoms with van der Waals surface area (Å²) < 4.78 is 0. The van der Waals surface area contributed by atoms with Crippen LogP contribution in [-0.4, -0.2) is 14.2 Å². The molecule has 0 bridgehead atoms. The zero-order valence-electron chi connectivity index (χ0n) is 11.4. The van der Waals surface area contributed by atoms with E-state index in [4.69, 9.17) is 0 Å². The van der Waals surface area contributed by atoms with Gasteiger partial charge in [-0.25, -0.2) is 0 Å². The van der Waals surface area contributed by atoms with E-state index in [0.29, 0.717) is 6.42 Å². The molecule has 1 nitrogen and oxygen atoms in total. The van der Waals surface area contributed by atoms with Gasteiger partial charge in [0.25, 0.3) is 0 Å². The minimum atomic E-state index is 0.